The molecule has 2 aromatic rings. The van der Waals surface area contributed by atoms with Crippen molar-refractivity contribution in [2.45, 2.75) is 26.1 Å². The van der Waals surface area contributed by atoms with E-state index in [4.69, 9.17) is 23.7 Å². The number of hydrogen-bond donors (Lipinski definition) is 4. The van der Waals surface area contributed by atoms with E-state index < -0.39 is 24.3 Å². The highest BCUT2D eigenvalue weighted by atomic mass is 16.7. The lowest BCUT2D eigenvalue weighted by Gasteiger charge is -2.28. The number of ether oxygens (including phenoxy) is 5. The molecule has 2 amide bonds. The highest BCUT2D eigenvalue weighted by Gasteiger charge is 2.32. The van der Waals surface area contributed by atoms with Gasteiger partial charge in [0.05, 0.1) is 31.5 Å². The number of aliphatic hydroxyl groups is 1. The van der Waals surface area contributed by atoms with Gasteiger partial charge in [-0.3, -0.25) is 5.43 Å². The molecule has 0 spiro atoms. The lowest BCUT2D eigenvalue weighted by atomic mass is 9.95. The standard InChI is InChI=1S/C25H28N4O8/c1-4-34-20-10-16(23-22(24(31)33-3)14(2)27-25(32)28-23)6-8-17(20)35-12-21(30)29-26-11-15-5-7-18-19(9-15)37-13-36-18/h5-11,21,23,29-30H,4,12-13H2,1-3H3,(H2,27,28,32)/b26-11-/t21-,23+/m0/s1. The average Bonchev–Trinajstić information content (AvgIpc) is 3.35. The molecule has 0 saturated heterocycles. The molecule has 2 aliphatic heterocycles. The van der Waals surface area contributed by atoms with E-state index in [1.54, 1.807) is 37.3 Å². The van der Waals surface area contributed by atoms with Crippen molar-refractivity contribution < 1.29 is 38.4 Å². The van der Waals surface area contributed by atoms with Crippen LogP contribution in [0.5, 0.6) is 23.0 Å². The Labute approximate surface area is 213 Å². The van der Waals surface area contributed by atoms with E-state index >= 15 is 0 Å². The zero-order chi connectivity index (χ0) is 26.4. The first kappa shape index (κ1) is 25.6. The van der Waals surface area contributed by atoms with Gasteiger partial charge in [0.25, 0.3) is 0 Å². The molecule has 12 nitrogen and oxygen atoms in total. The first-order chi connectivity index (χ1) is 17.9. The fourth-order valence-corrected chi connectivity index (χ4v) is 3.81. The molecule has 0 bridgehead atoms. The summed E-state index contributed by atoms with van der Waals surface area (Å²) in [5.41, 5.74) is 4.63. The quantitative estimate of drug-likeness (QED) is 0.162. The van der Waals surface area contributed by atoms with Gasteiger partial charge in [-0.05, 0) is 55.3 Å². The normalized spacial score (nSPS) is 17.2. The van der Waals surface area contributed by atoms with Crippen LogP contribution in [0.25, 0.3) is 0 Å². The summed E-state index contributed by atoms with van der Waals surface area (Å²) in [4.78, 5) is 24.4. The maximum atomic E-state index is 12.4. The number of hydrazone groups is 1. The van der Waals surface area contributed by atoms with Gasteiger partial charge in [-0.15, -0.1) is 0 Å². The smallest absolute Gasteiger partial charge is 0.337 e. The highest BCUT2D eigenvalue weighted by Crippen LogP contribution is 2.35. The molecule has 0 aromatic heterocycles. The van der Waals surface area contributed by atoms with Crippen molar-refractivity contribution in [2.24, 2.45) is 5.10 Å². The molecule has 0 saturated carbocycles. The van der Waals surface area contributed by atoms with Gasteiger partial charge < -0.3 is 39.4 Å². The van der Waals surface area contributed by atoms with Gasteiger partial charge in [0.15, 0.2) is 29.2 Å². The van der Waals surface area contributed by atoms with Gasteiger partial charge >= 0.3 is 12.0 Å². The predicted octanol–water partition coefficient (Wildman–Crippen LogP) is 1.94. The average molecular weight is 513 g/mol. The number of nitrogens with one attached hydrogen (secondary N) is 3. The van der Waals surface area contributed by atoms with Gasteiger partial charge in [0.1, 0.15) is 6.61 Å². The van der Waals surface area contributed by atoms with E-state index in [1.165, 1.54) is 13.3 Å². The summed E-state index contributed by atoms with van der Waals surface area (Å²) in [5.74, 6) is 1.49. The molecule has 0 aliphatic carbocycles. The minimum Gasteiger partial charge on any atom is -0.490 e. The molecule has 2 aliphatic rings. The summed E-state index contributed by atoms with van der Waals surface area (Å²) in [7, 11) is 1.27. The molecule has 2 aromatic carbocycles. The highest BCUT2D eigenvalue weighted by molar-refractivity contribution is 5.95. The minimum atomic E-state index is -1.11. The van der Waals surface area contributed by atoms with Crippen LogP contribution in [0.1, 0.15) is 31.0 Å². The number of methoxy groups -OCH3 is 1. The van der Waals surface area contributed by atoms with E-state index in [2.05, 4.69) is 21.2 Å². The maximum Gasteiger partial charge on any atom is 0.337 e. The first-order valence-corrected chi connectivity index (χ1v) is 11.5. The number of carbonyl (C=O) groups excluding carboxylic acids is 2. The Morgan fingerprint density at radius 3 is 2.81 bits per heavy atom. The summed E-state index contributed by atoms with van der Waals surface area (Å²) in [6, 6.07) is 9.19. The Hall–Kier alpha value is -4.45. The van der Waals surface area contributed by atoms with Crippen LogP contribution < -0.4 is 35.0 Å². The Balaban J connectivity index is 1.42. The van der Waals surface area contributed by atoms with Crippen molar-refractivity contribution in [1.29, 1.82) is 0 Å². The van der Waals surface area contributed by atoms with Crippen molar-refractivity contribution in [1.82, 2.24) is 16.1 Å². The zero-order valence-electron chi connectivity index (χ0n) is 20.6. The van der Waals surface area contributed by atoms with E-state index in [0.717, 1.165) is 5.56 Å². The SMILES string of the molecule is CCOc1cc([C@H]2NC(=O)NC(C)=C2C(=O)OC)ccc1OC[C@H](O)N/N=C\c1ccc2c(c1)OCO2. The maximum absolute atomic E-state index is 12.4. The van der Waals surface area contributed by atoms with Crippen LogP contribution in [-0.2, 0) is 9.53 Å². The van der Waals surface area contributed by atoms with Crippen LogP contribution in [0, 0.1) is 0 Å². The zero-order valence-corrected chi connectivity index (χ0v) is 20.6. The third-order valence-corrected chi connectivity index (χ3v) is 5.51. The lowest BCUT2D eigenvalue weighted by Crippen LogP contribution is -2.45. The minimum absolute atomic E-state index is 0.131. The third kappa shape index (κ3) is 6.04. The topological polar surface area (TPSA) is 149 Å². The van der Waals surface area contributed by atoms with Gasteiger partial charge in [-0.1, -0.05) is 6.07 Å². The van der Waals surface area contributed by atoms with Crippen LogP contribution in [-0.4, -0.2) is 56.7 Å². The van der Waals surface area contributed by atoms with Crippen LogP contribution in [0.15, 0.2) is 52.8 Å². The first-order valence-electron chi connectivity index (χ1n) is 11.5. The molecule has 0 unspecified atom stereocenters. The Bertz CT molecular complexity index is 1230. The molecule has 2 atom stereocenters. The summed E-state index contributed by atoms with van der Waals surface area (Å²) < 4.78 is 27.0. The number of benzene rings is 2. The van der Waals surface area contributed by atoms with Gasteiger partial charge in [-0.25, -0.2) is 9.59 Å². The number of nitrogens with zero attached hydrogens (tertiary/aromatic N) is 1. The molecule has 196 valence electrons. The monoisotopic (exact) mass is 512 g/mol. The second-order valence-corrected chi connectivity index (χ2v) is 8.03. The number of hydrogen-bond acceptors (Lipinski definition) is 10. The number of aliphatic hydroxyl groups excluding tert-OH is 1. The van der Waals surface area contributed by atoms with E-state index in [9.17, 15) is 14.7 Å². The van der Waals surface area contributed by atoms with Crippen LogP contribution in [0.4, 0.5) is 4.79 Å². The number of allylic oxidation sites excluding steroid dienone is 1. The molecule has 2 heterocycles. The summed E-state index contributed by atoms with van der Waals surface area (Å²) in [6.45, 7) is 3.84. The van der Waals surface area contributed by atoms with Gasteiger partial charge in [0.2, 0.25) is 6.79 Å². The molecule has 4 N–H and O–H groups in total. The van der Waals surface area contributed by atoms with Gasteiger partial charge in [0, 0.05) is 5.70 Å². The molecule has 4 rings (SSSR count). The van der Waals surface area contributed by atoms with E-state index in [-0.39, 0.29) is 19.0 Å². The second-order valence-electron chi connectivity index (χ2n) is 8.03. The molecule has 12 heteroatoms. The number of amides is 2. The Morgan fingerprint density at radius 2 is 2.03 bits per heavy atom. The van der Waals surface area contributed by atoms with Crippen molar-refractivity contribution in [3.05, 3.63) is 58.8 Å². The molecule has 37 heavy (non-hydrogen) atoms. The second kappa shape index (κ2) is 11.5. The number of carbonyl (C=O) groups is 2. The number of fused-ring (bicyclic) bond motifs is 1. The summed E-state index contributed by atoms with van der Waals surface area (Å²) >= 11 is 0. The lowest BCUT2D eigenvalue weighted by molar-refractivity contribution is -0.136. The Morgan fingerprint density at radius 1 is 1.22 bits per heavy atom. The van der Waals surface area contributed by atoms with Crippen LogP contribution >= 0.6 is 0 Å². The predicted molar refractivity (Wildman–Crippen MR) is 132 cm³/mol. The van der Waals surface area contributed by atoms with E-state index in [1.807, 2.05) is 13.0 Å². The van der Waals surface area contributed by atoms with Crippen molar-refractivity contribution in [3.8, 4) is 23.0 Å². The molecule has 0 fully saturated rings. The number of urea groups is 1. The van der Waals surface area contributed by atoms with Crippen LogP contribution in [0.2, 0.25) is 0 Å². The van der Waals surface area contributed by atoms with Crippen molar-refractivity contribution in [3.63, 3.8) is 0 Å². The molecule has 0 radical (unpaired) electrons. The Kier molecular flexibility index (Phi) is 7.98. The molecular weight excluding hydrogens is 484 g/mol. The van der Waals surface area contributed by atoms with Crippen molar-refractivity contribution >= 4 is 18.2 Å². The summed E-state index contributed by atoms with van der Waals surface area (Å²) in [5, 5.41) is 19.6. The number of rotatable bonds is 10. The summed E-state index contributed by atoms with van der Waals surface area (Å²) in [6.07, 6.45) is 0.424. The fourth-order valence-electron chi connectivity index (χ4n) is 3.81. The molecular formula is C25H28N4O8. The fraction of sp³-hybridized carbons (Fsp3) is 0.320. The van der Waals surface area contributed by atoms with Gasteiger partial charge in [-0.2, -0.15) is 5.10 Å². The third-order valence-electron chi connectivity index (χ3n) is 5.51. The van der Waals surface area contributed by atoms with Crippen molar-refractivity contribution in [2.75, 3.05) is 27.1 Å². The van der Waals surface area contributed by atoms with Crippen LogP contribution in [0.3, 0.4) is 0 Å². The number of esters is 1. The largest absolute Gasteiger partial charge is 0.490 e. The van der Waals surface area contributed by atoms with E-state index in [0.29, 0.717) is 40.9 Å².